The monoisotopic (exact) mass is 259 g/mol. The highest BCUT2D eigenvalue weighted by Gasteiger charge is 2.27. The molecule has 19 heavy (non-hydrogen) atoms. The van der Waals surface area contributed by atoms with Gasteiger partial charge < -0.3 is 15.5 Å². The number of amides is 1. The van der Waals surface area contributed by atoms with Crippen molar-refractivity contribution in [1.82, 2.24) is 4.90 Å². The van der Waals surface area contributed by atoms with E-state index in [4.69, 9.17) is 5.73 Å². The van der Waals surface area contributed by atoms with E-state index in [0.29, 0.717) is 12.3 Å². The Labute approximate surface area is 114 Å². The molecule has 0 spiro atoms. The lowest BCUT2D eigenvalue weighted by Crippen LogP contribution is -2.27. The molecule has 0 radical (unpaired) electrons. The first-order valence-corrected chi connectivity index (χ1v) is 7.01. The van der Waals surface area contributed by atoms with Crippen molar-refractivity contribution in [2.24, 2.45) is 5.73 Å². The van der Waals surface area contributed by atoms with Crippen LogP contribution in [0, 0.1) is 0 Å². The number of fused-ring (bicyclic) bond motifs is 1. The zero-order valence-corrected chi connectivity index (χ0v) is 11.4. The van der Waals surface area contributed by atoms with E-state index in [0.717, 1.165) is 31.9 Å². The average molecular weight is 259 g/mol. The predicted molar refractivity (Wildman–Crippen MR) is 76.4 cm³/mol. The fourth-order valence-corrected chi connectivity index (χ4v) is 3.23. The standard InChI is InChI=1S/C15H21N3O/c1-17-14-3-2-11(8-13(14)9-15(17)19)12-4-6-18(10-12)7-5-16/h2-3,8,12H,4-7,9-10,16H2,1H3. The summed E-state index contributed by atoms with van der Waals surface area (Å²) in [6.45, 7) is 3.95. The number of likely N-dealkylation sites (tertiary alicyclic amines) is 1. The Bertz CT molecular complexity index is 500. The zero-order chi connectivity index (χ0) is 13.4. The van der Waals surface area contributed by atoms with Crippen molar-refractivity contribution in [2.45, 2.75) is 18.8 Å². The maximum Gasteiger partial charge on any atom is 0.231 e. The van der Waals surface area contributed by atoms with Crippen molar-refractivity contribution in [2.75, 3.05) is 38.1 Å². The summed E-state index contributed by atoms with van der Waals surface area (Å²) in [5.41, 5.74) is 9.25. The van der Waals surface area contributed by atoms with E-state index in [1.54, 1.807) is 4.90 Å². The summed E-state index contributed by atoms with van der Waals surface area (Å²) in [7, 11) is 1.85. The molecule has 4 heteroatoms. The number of benzene rings is 1. The van der Waals surface area contributed by atoms with Gasteiger partial charge in [0.15, 0.2) is 0 Å². The van der Waals surface area contributed by atoms with E-state index in [9.17, 15) is 4.79 Å². The van der Waals surface area contributed by atoms with Crippen LogP contribution in [0.15, 0.2) is 18.2 Å². The Hall–Kier alpha value is -1.39. The van der Waals surface area contributed by atoms with Crippen LogP contribution in [0.5, 0.6) is 0 Å². The molecule has 102 valence electrons. The van der Waals surface area contributed by atoms with Crippen LogP contribution in [0.25, 0.3) is 0 Å². The summed E-state index contributed by atoms with van der Waals surface area (Å²) in [5, 5.41) is 0. The van der Waals surface area contributed by atoms with Gasteiger partial charge in [-0.15, -0.1) is 0 Å². The summed E-state index contributed by atoms with van der Waals surface area (Å²) in [4.78, 5) is 15.9. The quantitative estimate of drug-likeness (QED) is 0.879. The lowest BCUT2D eigenvalue weighted by atomic mass is 9.96. The van der Waals surface area contributed by atoms with Crippen molar-refractivity contribution in [3.63, 3.8) is 0 Å². The molecule has 1 fully saturated rings. The molecule has 0 bridgehead atoms. The first kappa shape index (κ1) is 12.6. The highest BCUT2D eigenvalue weighted by atomic mass is 16.2. The van der Waals surface area contributed by atoms with Gasteiger partial charge in [0, 0.05) is 32.4 Å². The minimum Gasteiger partial charge on any atom is -0.329 e. The van der Waals surface area contributed by atoms with Gasteiger partial charge in [-0.25, -0.2) is 0 Å². The van der Waals surface area contributed by atoms with Gasteiger partial charge in [0.2, 0.25) is 5.91 Å². The van der Waals surface area contributed by atoms with E-state index in [2.05, 4.69) is 23.1 Å². The fraction of sp³-hybridized carbons (Fsp3) is 0.533. The third kappa shape index (κ3) is 2.26. The number of carbonyl (C=O) groups excluding carboxylic acids is 1. The number of hydrogen-bond acceptors (Lipinski definition) is 3. The fourth-order valence-electron chi connectivity index (χ4n) is 3.23. The summed E-state index contributed by atoms with van der Waals surface area (Å²) in [6.07, 6.45) is 1.75. The Morgan fingerprint density at radius 1 is 1.42 bits per heavy atom. The smallest absolute Gasteiger partial charge is 0.231 e. The molecular weight excluding hydrogens is 238 g/mol. The van der Waals surface area contributed by atoms with Crippen LogP contribution in [-0.2, 0) is 11.2 Å². The summed E-state index contributed by atoms with van der Waals surface area (Å²) in [6, 6.07) is 6.51. The number of rotatable bonds is 3. The molecule has 1 aromatic carbocycles. The highest BCUT2D eigenvalue weighted by molar-refractivity contribution is 6.00. The van der Waals surface area contributed by atoms with Crippen LogP contribution in [0.4, 0.5) is 5.69 Å². The number of nitrogens with zero attached hydrogens (tertiary/aromatic N) is 2. The maximum atomic E-state index is 11.7. The Morgan fingerprint density at radius 3 is 3.05 bits per heavy atom. The van der Waals surface area contributed by atoms with Crippen LogP contribution in [0.1, 0.15) is 23.5 Å². The second-order valence-electron chi connectivity index (χ2n) is 5.59. The van der Waals surface area contributed by atoms with Crippen LogP contribution in [0.2, 0.25) is 0 Å². The number of carbonyl (C=O) groups is 1. The van der Waals surface area contributed by atoms with Crippen molar-refractivity contribution in [3.8, 4) is 0 Å². The SMILES string of the molecule is CN1C(=O)Cc2cc(C3CCN(CCN)C3)ccc21. The van der Waals surface area contributed by atoms with Crippen LogP contribution >= 0.6 is 0 Å². The molecule has 2 heterocycles. The molecule has 1 unspecified atom stereocenters. The van der Waals surface area contributed by atoms with E-state index >= 15 is 0 Å². The molecule has 2 aliphatic heterocycles. The molecule has 2 aliphatic rings. The van der Waals surface area contributed by atoms with Gasteiger partial charge in [0.1, 0.15) is 0 Å². The van der Waals surface area contributed by atoms with Gasteiger partial charge >= 0.3 is 0 Å². The normalized spacial score (nSPS) is 23.2. The molecule has 2 N–H and O–H groups in total. The molecule has 0 aromatic heterocycles. The Balaban J connectivity index is 1.77. The molecule has 4 nitrogen and oxygen atoms in total. The van der Waals surface area contributed by atoms with Crippen molar-refractivity contribution >= 4 is 11.6 Å². The number of hydrogen-bond donors (Lipinski definition) is 1. The highest BCUT2D eigenvalue weighted by Crippen LogP contribution is 2.33. The first-order chi connectivity index (χ1) is 9.19. The van der Waals surface area contributed by atoms with Gasteiger partial charge in [0.25, 0.3) is 0 Å². The molecule has 1 amide bonds. The molecule has 3 rings (SSSR count). The molecule has 0 aliphatic carbocycles. The Kier molecular flexibility index (Phi) is 3.29. The maximum absolute atomic E-state index is 11.7. The van der Waals surface area contributed by atoms with Crippen LogP contribution in [0.3, 0.4) is 0 Å². The summed E-state index contributed by atoms with van der Waals surface area (Å²) < 4.78 is 0. The molecular formula is C15H21N3O. The minimum absolute atomic E-state index is 0.198. The lowest BCUT2D eigenvalue weighted by Gasteiger charge is -2.16. The van der Waals surface area contributed by atoms with Crippen molar-refractivity contribution < 1.29 is 4.79 Å². The average Bonchev–Trinajstić information content (AvgIpc) is 2.96. The summed E-state index contributed by atoms with van der Waals surface area (Å²) in [5.74, 6) is 0.793. The number of likely N-dealkylation sites (N-methyl/N-ethyl adjacent to an activating group) is 1. The second kappa shape index (κ2) is 4.94. The summed E-state index contributed by atoms with van der Waals surface area (Å²) >= 11 is 0. The van der Waals surface area contributed by atoms with Gasteiger partial charge in [0.05, 0.1) is 6.42 Å². The van der Waals surface area contributed by atoms with Crippen molar-refractivity contribution in [3.05, 3.63) is 29.3 Å². The van der Waals surface area contributed by atoms with Gasteiger partial charge in [-0.05, 0) is 36.1 Å². The van der Waals surface area contributed by atoms with Crippen LogP contribution < -0.4 is 10.6 Å². The van der Waals surface area contributed by atoms with Gasteiger partial charge in [-0.3, -0.25) is 4.79 Å². The number of anilines is 1. The van der Waals surface area contributed by atoms with Gasteiger partial charge in [-0.1, -0.05) is 12.1 Å². The molecule has 1 atom stereocenters. The van der Waals surface area contributed by atoms with Crippen molar-refractivity contribution in [1.29, 1.82) is 0 Å². The van der Waals surface area contributed by atoms with E-state index in [1.165, 1.54) is 17.5 Å². The van der Waals surface area contributed by atoms with E-state index in [1.807, 2.05) is 7.05 Å². The third-order valence-electron chi connectivity index (χ3n) is 4.37. The largest absolute Gasteiger partial charge is 0.329 e. The van der Waals surface area contributed by atoms with Crippen LogP contribution in [-0.4, -0.2) is 44.0 Å². The molecule has 1 aromatic rings. The second-order valence-corrected chi connectivity index (χ2v) is 5.59. The zero-order valence-electron chi connectivity index (χ0n) is 11.4. The van der Waals surface area contributed by atoms with E-state index < -0.39 is 0 Å². The third-order valence-corrected chi connectivity index (χ3v) is 4.37. The predicted octanol–water partition coefficient (Wildman–Crippen LogP) is 0.954. The molecule has 0 saturated carbocycles. The van der Waals surface area contributed by atoms with E-state index in [-0.39, 0.29) is 5.91 Å². The van der Waals surface area contributed by atoms with Gasteiger partial charge in [-0.2, -0.15) is 0 Å². The topological polar surface area (TPSA) is 49.6 Å². The Morgan fingerprint density at radius 2 is 2.26 bits per heavy atom. The molecule has 1 saturated heterocycles. The minimum atomic E-state index is 0.198. The first-order valence-electron chi connectivity index (χ1n) is 7.01. The number of nitrogens with two attached hydrogens (primary N) is 1. The lowest BCUT2D eigenvalue weighted by molar-refractivity contribution is -0.117.